The predicted molar refractivity (Wildman–Crippen MR) is 92.4 cm³/mol. The second-order valence-electron chi connectivity index (χ2n) is 7.30. The Hall–Kier alpha value is -0.0900. The third-order valence-corrected chi connectivity index (χ3v) is 3.84. The minimum Gasteiger partial charge on any atom is -1.00 e. The van der Waals surface area contributed by atoms with Crippen molar-refractivity contribution < 1.29 is 26.3 Å². The smallest absolute Gasteiger partial charge is 0.219 e. The molecule has 0 atom stereocenters. The van der Waals surface area contributed by atoms with Gasteiger partial charge in [-0.25, -0.2) is 0 Å². The zero-order chi connectivity index (χ0) is 16.0. The molecule has 0 aromatic heterocycles. The summed E-state index contributed by atoms with van der Waals surface area (Å²) in [6, 6.07) is 0. The molecule has 0 saturated heterocycles. The average molecular weight is 379 g/mol. The summed E-state index contributed by atoms with van der Waals surface area (Å²) >= 11 is 0. The Kier molecular flexibility index (Phi) is 17.3. The van der Waals surface area contributed by atoms with Crippen molar-refractivity contribution in [3.05, 3.63) is 0 Å². The van der Waals surface area contributed by atoms with Crippen LogP contribution in [0, 0.1) is 0 Å². The zero-order valence-electron chi connectivity index (χ0n) is 15.4. The molecular formula is C18H39BrN2O. The van der Waals surface area contributed by atoms with Crippen LogP contribution in [0.15, 0.2) is 0 Å². The van der Waals surface area contributed by atoms with Gasteiger partial charge >= 0.3 is 0 Å². The van der Waals surface area contributed by atoms with Crippen LogP contribution in [-0.2, 0) is 4.79 Å². The van der Waals surface area contributed by atoms with Crippen molar-refractivity contribution in [1.82, 2.24) is 5.32 Å². The van der Waals surface area contributed by atoms with Gasteiger partial charge in [-0.1, -0.05) is 58.3 Å². The molecule has 0 aliphatic carbocycles. The van der Waals surface area contributed by atoms with Crippen LogP contribution in [0.2, 0.25) is 0 Å². The third kappa shape index (κ3) is 19.9. The summed E-state index contributed by atoms with van der Waals surface area (Å²) in [5.74, 6) is 0.236. The molecule has 0 aromatic rings. The fraction of sp³-hybridized carbons (Fsp3) is 0.944. The highest BCUT2D eigenvalue weighted by molar-refractivity contribution is 5.75. The molecule has 0 aliphatic heterocycles. The lowest BCUT2D eigenvalue weighted by Crippen LogP contribution is -3.00. The Morgan fingerprint density at radius 2 is 1.32 bits per heavy atom. The van der Waals surface area contributed by atoms with Crippen LogP contribution in [0.5, 0.6) is 0 Å². The van der Waals surface area contributed by atoms with Gasteiger partial charge in [-0.3, -0.25) is 4.79 Å². The Bertz CT molecular complexity index is 252. The van der Waals surface area contributed by atoms with Crippen molar-refractivity contribution in [3.63, 3.8) is 0 Å². The minimum atomic E-state index is 0. The number of nitrogens with one attached hydrogen (secondary N) is 1. The molecule has 0 fully saturated rings. The molecule has 1 amide bonds. The number of carbonyl (C=O) groups is 1. The van der Waals surface area contributed by atoms with Crippen LogP contribution in [0.3, 0.4) is 0 Å². The number of amides is 1. The molecule has 3 nitrogen and oxygen atoms in total. The molecule has 22 heavy (non-hydrogen) atoms. The minimum absolute atomic E-state index is 0. The van der Waals surface area contributed by atoms with Crippen molar-refractivity contribution in [3.8, 4) is 0 Å². The monoisotopic (exact) mass is 378 g/mol. The number of carbonyl (C=O) groups excluding carboxylic acids is 1. The number of hydrogen-bond donors (Lipinski definition) is 1. The maximum absolute atomic E-state index is 11.7. The van der Waals surface area contributed by atoms with E-state index >= 15 is 0 Å². The molecule has 0 saturated carbocycles. The summed E-state index contributed by atoms with van der Waals surface area (Å²) in [5, 5.41) is 3.03. The Morgan fingerprint density at radius 3 is 1.82 bits per heavy atom. The van der Waals surface area contributed by atoms with Crippen molar-refractivity contribution in [2.75, 3.05) is 34.2 Å². The molecule has 0 aromatic carbocycles. The first-order valence-corrected chi connectivity index (χ1v) is 9.03. The number of rotatable bonds is 14. The molecule has 134 valence electrons. The molecule has 0 radical (unpaired) electrons. The molecule has 0 heterocycles. The lowest BCUT2D eigenvalue weighted by Gasteiger charge is -2.23. The van der Waals surface area contributed by atoms with Gasteiger partial charge in [-0.15, -0.1) is 0 Å². The fourth-order valence-electron chi connectivity index (χ4n) is 2.47. The zero-order valence-corrected chi connectivity index (χ0v) is 17.0. The summed E-state index contributed by atoms with van der Waals surface area (Å²) in [6.45, 7) is 4.19. The van der Waals surface area contributed by atoms with E-state index in [0.717, 1.165) is 30.4 Å². The number of halogens is 1. The summed E-state index contributed by atoms with van der Waals surface area (Å²) < 4.78 is 0.966. The van der Waals surface area contributed by atoms with Gasteiger partial charge in [0.2, 0.25) is 5.91 Å². The highest BCUT2D eigenvalue weighted by Crippen LogP contribution is 2.10. The Balaban J connectivity index is 0. The van der Waals surface area contributed by atoms with E-state index in [9.17, 15) is 4.79 Å². The van der Waals surface area contributed by atoms with Crippen molar-refractivity contribution in [1.29, 1.82) is 0 Å². The van der Waals surface area contributed by atoms with E-state index in [1.54, 1.807) is 0 Å². The van der Waals surface area contributed by atoms with Gasteiger partial charge in [0, 0.05) is 19.4 Å². The van der Waals surface area contributed by atoms with Crippen LogP contribution in [0.25, 0.3) is 0 Å². The fourth-order valence-corrected chi connectivity index (χ4v) is 2.47. The van der Waals surface area contributed by atoms with E-state index < -0.39 is 0 Å². The second-order valence-corrected chi connectivity index (χ2v) is 7.30. The maximum Gasteiger partial charge on any atom is 0.219 e. The molecule has 1 N–H and O–H groups in total. The molecule has 0 rings (SSSR count). The molecular weight excluding hydrogens is 340 g/mol. The second kappa shape index (κ2) is 15.8. The van der Waals surface area contributed by atoms with Crippen LogP contribution in [-0.4, -0.2) is 44.6 Å². The summed E-state index contributed by atoms with van der Waals surface area (Å²) in [6.07, 6.45) is 13.5. The largest absolute Gasteiger partial charge is 1.00 e. The van der Waals surface area contributed by atoms with Gasteiger partial charge in [-0.2, -0.15) is 0 Å². The number of hydrogen-bond acceptors (Lipinski definition) is 1. The predicted octanol–water partition coefficient (Wildman–Crippen LogP) is 1.12. The highest BCUT2D eigenvalue weighted by atomic mass is 79.9. The molecule has 0 spiro atoms. The number of quaternary nitrogens is 1. The van der Waals surface area contributed by atoms with E-state index in [-0.39, 0.29) is 22.9 Å². The number of nitrogens with zero attached hydrogens (tertiary/aromatic N) is 1. The SMILES string of the molecule is CCCCCCCCCCCC(=O)NCCC[N+](C)(C)C.[Br-]. The van der Waals surface area contributed by atoms with Gasteiger partial charge in [0.25, 0.3) is 0 Å². The van der Waals surface area contributed by atoms with E-state index in [1.165, 1.54) is 51.4 Å². The first-order chi connectivity index (χ1) is 9.95. The summed E-state index contributed by atoms with van der Waals surface area (Å²) in [4.78, 5) is 11.7. The Labute approximate surface area is 149 Å². The first kappa shape index (κ1) is 24.2. The molecule has 4 heteroatoms. The van der Waals surface area contributed by atoms with Crippen molar-refractivity contribution >= 4 is 5.91 Å². The quantitative estimate of drug-likeness (QED) is 0.356. The lowest BCUT2D eigenvalue weighted by molar-refractivity contribution is -0.870. The van der Waals surface area contributed by atoms with E-state index in [4.69, 9.17) is 0 Å². The van der Waals surface area contributed by atoms with Crippen LogP contribution >= 0.6 is 0 Å². The highest BCUT2D eigenvalue weighted by Gasteiger charge is 2.06. The molecule has 0 unspecified atom stereocenters. The van der Waals surface area contributed by atoms with Gasteiger partial charge in [0.1, 0.15) is 0 Å². The standard InChI is InChI=1S/C18H38N2O.BrH/c1-5-6-7-8-9-10-11-12-13-15-18(21)19-16-14-17-20(2,3)4;/h5-17H2,1-4H3;1H. The summed E-state index contributed by atoms with van der Waals surface area (Å²) in [7, 11) is 6.55. The lowest BCUT2D eigenvalue weighted by atomic mass is 10.1. The van der Waals surface area contributed by atoms with Crippen LogP contribution in [0.1, 0.15) is 77.6 Å². The van der Waals surface area contributed by atoms with Gasteiger partial charge < -0.3 is 26.8 Å². The number of unbranched alkanes of at least 4 members (excludes halogenated alkanes) is 8. The average Bonchev–Trinajstić information content (AvgIpc) is 2.41. The first-order valence-electron chi connectivity index (χ1n) is 9.03. The van der Waals surface area contributed by atoms with Gasteiger partial charge in [0.15, 0.2) is 0 Å². The van der Waals surface area contributed by atoms with E-state index in [0.29, 0.717) is 6.42 Å². The van der Waals surface area contributed by atoms with Crippen molar-refractivity contribution in [2.24, 2.45) is 0 Å². The van der Waals surface area contributed by atoms with E-state index in [1.807, 2.05) is 0 Å². The van der Waals surface area contributed by atoms with Gasteiger partial charge in [0.05, 0.1) is 27.7 Å². The molecule has 0 bridgehead atoms. The van der Waals surface area contributed by atoms with Crippen LogP contribution in [0.4, 0.5) is 0 Å². The third-order valence-electron chi connectivity index (χ3n) is 3.84. The Morgan fingerprint density at radius 1 is 0.818 bits per heavy atom. The van der Waals surface area contributed by atoms with Crippen LogP contribution < -0.4 is 22.3 Å². The topological polar surface area (TPSA) is 29.1 Å². The van der Waals surface area contributed by atoms with E-state index in [2.05, 4.69) is 33.4 Å². The molecule has 0 aliphatic rings. The normalized spacial score (nSPS) is 11.1. The summed E-state index contributed by atoms with van der Waals surface area (Å²) in [5.41, 5.74) is 0. The maximum atomic E-state index is 11.7. The van der Waals surface area contributed by atoms with Gasteiger partial charge in [-0.05, 0) is 6.42 Å². The van der Waals surface area contributed by atoms with Crippen molar-refractivity contribution in [2.45, 2.75) is 77.6 Å².